The lowest BCUT2D eigenvalue weighted by Gasteiger charge is -2.26. The number of nitrogens with one attached hydrogen (secondary N) is 1. The summed E-state index contributed by atoms with van der Waals surface area (Å²) >= 11 is 0. The molecule has 4 rings (SSSR count). The molecule has 1 fully saturated rings. The number of rotatable bonds is 2. The summed E-state index contributed by atoms with van der Waals surface area (Å²) in [5, 5.41) is 3.40. The van der Waals surface area contributed by atoms with Gasteiger partial charge < -0.3 is 9.88 Å². The van der Waals surface area contributed by atoms with Crippen molar-refractivity contribution < 1.29 is 4.39 Å². The quantitative estimate of drug-likeness (QED) is 0.780. The van der Waals surface area contributed by atoms with Crippen molar-refractivity contribution in [3.8, 4) is 11.4 Å². The Kier molecular flexibility index (Phi) is 3.39. The molecule has 3 aromatic rings. The van der Waals surface area contributed by atoms with Crippen LogP contribution in [-0.2, 0) is 0 Å². The van der Waals surface area contributed by atoms with Crippen molar-refractivity contribution in [3.05, 3.63) is 54.3 Å². The minimum Gasteiger partial charge on any atom is -0.321 e. The van der Waals surface area contributed by atoms with Crippen LogP contribution < -0.4 is 5.32 Å². The number of nitrogens with zero attached hydrogens (tertiary/aromatic N) is 2. The van der Waals surface area contributed by atoms with E-state index in [1.165, 1.54) is 6.07 Å². The number of aromatic nitrogens is 2. The van der Waals surface area contributed by atoms with Crippen LogP contribution in [0.15, 0.2) is 48.5 Å². The molecule has 1 aliphatic rings. The van der Waals surface area contributed by atoms with Crippen LogP contribution in [0.2, 0.25) is 0 Å². The van der Waals surface area contributed by atoms with E-state index in [1.807, 2.05) is 24.3 Å². The van der Waals surface area contributed by atoms with Crippen molar-refractivity contribution in [1.29, 1.82) is 0 Å². The van der Waals surface area contributed by atoms with E-state index in [1.54, 1.807) is 12.1 Å². The van der Waals surface area contributed by atoms with Gasteiger partial charge in [-0.25, -0.2) is 9.37 Å². The molecule has 0 radical (unpaired) electrons. The highest BCUT2D eigenvalue weighted by atomic mass is 19.1. The topological polar surface area (TPSA) is 29.9 Å². The maximum atomic E-state index is 13.6. The summed E-state index contributed by atoms with van der Waals surface area (Å²) in [6, 6.07) is 15.3. The number of hydrogen-bond donors (Lipinski definition) is 1. The first kappa shape index (κ1) is 13.5. The molecule has 2 aromatic carbocycles. The summed E-state index contributed by atoms with van der Waals surface area (Å²) < 4.78 is 15.9. The van der Waals surface area contributed by atoms with Crippen LogP contribution in [0.1, 0.15) is 18.9 Å². The second kappa shape index (κ2) is 5.54. The fourth-order valence-corrected chi connectivity index (χ4v) is 3.31. The second-order valence-corrected chi connectivity index (χ2v) is 5.79. The zero-order valence-electron chi connectivity index (χ0n) is 12.3. The zero-order chi connectivity index (χ0) is 14.9. The highest BCUT2D eigenvalue weighted by molar-refractivity contribution is 5.80. The van der Waals surface area contributed by atoms with Crippen LogP contribution >= 0.6 is 0 Å². The minimum atomic E-state index is -0.221. The molecular weight excluding hydrogens is 277 g/mol. The van der Waals surface area contributed by atoms with E-state index in [-0.39, 0.29) is 5.82 Å². The molecule has 0 aliphatic carbocycles. The van der Waals surface area contributed by atoms with Crippen LogP contribution in [0.4, 0.5) is 4.39 Å². The van der Waals surface area contributed by atoms with E-state index in [2.05, 4.69) is 16.0 Å². The van der Waals surface area contributed by atoms with Gasteiger partial charge in [-0.1, -0.05) is 24.3 Å². The first-order valence-electron chi connectivity index (χ1n) is 7.76. The van der Waals surface area contributed by atoms with Crippen molar-refractivity contribution in [2.75, 3.05) is 13.1 Å². The van der Waals surface area contributed by atoms with Crippen LogP contribution in [0, 0.1) is 5.82 Å². The molecule has 1 aliphatic heterocycles. The van der Waals surface area contributed by atoms with Gasteiger partial charge in [-0.05, 0) is 50.2 Å². The maximum Gasteiger partial charge on any atom is 0.141 e. The Labute approximate surface area is 128 Å². The molecule has 2 heterocycles. The molecule has 0 saturated carbocycles. The van der Waals surface area contributed by atoms with E-state index >= 15 is 0 Å². The lowest BCUT2D eigenvalue weighted by atomic mass is 10.1. The van der Waals surface area contributed by atoms with Gasteiger partial charge in [-0.3, -0.25) is 0 Å². The summed E-state index contributed by atoms with van der Waals surface area (Å²) in [7, 11) is 0. The Hall–Kier alpha value is -2.20. The Morgan fingerprint density at radius 3 is 2.68 bits per heavy atom. The Morgan fingerprint density at radius 1 is 1.05 bits per heavy atom. The normalized spacial score (nSPS) is 16.2. The largest absolute Gasteiger partial charge is 0.321 e. The van der Waals surface area contributed by atoms with Gasteiger partial charge in [0.15, 0.2) is 0 Å². The van der Waals surface area contributed by atoms with Crippen molar-refractivity contribution in [2.24, 2.45) is 0 Å². The van der Waals surface area contributed by atoms with Gasteiger partial charge in [0, 0.05) is 11.6 Å². The number of benzene rings is 2. The molecule has 4 heteroatoms. The van der Waals surface area contributed by atoms with Crippen LogP contribution in [0.5, 0.6) is 0 Å². The Balaban J connectivity index is 1.93. The number of hydrogen-bond acceptors (Lipinski definition) is 2. The average molecular weight is 295 g/mol. The molecule has 1 aromatic heterocycles. The number of piperidine rings is 1. The maximum absolute atomic E-state index is 13.6. The summed E-state index contributed by atoms with van der Waals surface area (Å²) in [4.78, 5) is 4.78. The second-order valence-electron chi connectivity index (χ2n) is 5.79. The van der Waals surface area contributed by atoms with Gasteiger partial charge in [-0.15, -0.1) is 0 Å². The molecule has 0 unspecified atom stereocenters. The zero-order valence-corrected chi connectivity index (χ0v) is 12.3. The van der Waals surface area contributed by atoms with Crippen LogP contribution in [0.3, 0.4) is 0 Å². The van der Waals surface area contributed by atoms with Gasteiger partial charge >= 0.3 is 0 Å². The average Bonchev–Trinajstić information content (AvgIpc) is 2.95. The number of fused-ring (bicyclic) bond motifs is 1. The fourth-order valence-electron chi connectivity index (χ4n) is 3.31. The number of imidazole rings is 1. The van der Waals surface area contributed by atoms with Gasteiger partial charge in [0.25, 0.3) is 0 Å². The van der Waals surface area contributed by atoms with E-state index < -0.39 is 0 Å². The van der Waals surface area contributed by atoms with Crippen LogP contribution in [0.25, 0.3) is 22.4 Å². The van der Waals surface area contributed by atoms with E-state index in [0.29, 0.717) is 6.04 Å². The molecular formula is C18H18FN3. The molecule has 3 nitrogen and oxygen atoms in total. The standard InChI is InChI=1S/C18H18FN3/c19-14-5-3-4-13(12-14)18-21-16-6-1-2-7-17(16)22(18)15-8-10-20-11-9-15/h1-7,12,15,20H,8-11H2. The first-order valence-corrected chi connectivity index (χ1v) is 7.76. The third-order valence-corrected chi connectivity index (χ3v) is 4.35. The lowest BCUT2D eigenvalue weighted by Crippen LogP contribution is -2.29. The molecule has 0 amide bonds. The van der Waals surface area contributed by atoms with Gasteiger partial charge in [-0.2, -0.15) is 0 Å². The number of halogens is 1. The van der Waals surface area contributed by atoms with Crippen molar-refractivity contribution >= 4 is 11.0 Å². The third-order valence-electron chi connectivity index (χ3n) is 4.35. The summed E-state index contributed by atoms with van der Waals surface area (Å²) in [5.74, 6) is 0.647. The smallest absolute Gasteiger partial charge is 0.141 e. The minimum absolute atomic E-state index is 0.221. The lowest BCUT2D eigenvalue weighted by molar-refractivity contribution is 0.377. The van der Waals surface area contributed by atoms with Gasteiger partial charge in [0.05, 0.1) is 11.0 Å². The van der Waals surface area contributed by atoms with Gasteiger partial charge in [0.1, 0.15) is 11.6 Å². The Bertz CT molecular complexity index is 803. The van der Waals surface area contributed by atoms with Crippen molar-refractivity contribution in [1.82, 2.24) is 14.9 Å². The van der Waals surface area contributed by atoms with E-state index in [0.717, 1.165) is 48.4 Å². The van der Waals surface area contributed by atoms with Crippen molar-refractivity contribution in [3.63, 3.8) is 0 Å². The third kappa shape index (κ3) is 2.29. The van der Waals surface area contributed by atoms with E-state index in [9.17, 15) is 4.39 Å². The molecule has 0 atom stereocenters. The predicted octanol–water partition coefficient (Wildman–Crippen LogP) is 3.77. The molecule has 1 saturated heterocycles. The Morgan fingerprint density at radius 2 is 1.86 bits per heavy atom. The van der Waals surface area contributed by atoms with Crippen LogP contribution in [-0.4, -0.2) is 22.6 Å². The highest BCUT2D eigenvalue weighted by Crippen LogP contribution is 2.32. The molecule has 0 bridgehead atoms. The SMILES string of the molecule is Fc1cccc(-c2nc3ccccc3n2C2CCNCC2)c1. The summed E-state index contributed by atoms with van der Waals surface area (Å²) in [6.07, 6.45) is 2.14. The molecule has 112 valence electrons. The summed E-state index contributed by atoms with van der Waals surface area (Å²) in [6.45, 7) is 2.03. The summed E-state index contributed by atoms with van der Waals surface area (Å²) in [5.41, 5.74) is 2.95. The van der Waals surface area contributed by atoms with Gasteiger partial charge in [0.2, 0.25) is 0 Å². The first-order chi connectivity index (χ1) is 10.8. The predicted molar refractivity (Wildman–Crippen MR) is 86.3 cm³/mol. The van der Waals surface area contributed by atoms with Crippen molar-refractivity contribution in [2.45, 2.75) is 18.9 Å². The fraction of sp³-hybridized carbons (Fsp3) is 0.278. The molecule has 22 heavy (non-hydrogen) atoms. The monoisotopic (exact) mass is 295 g/mol. The molecule has 0 spiro atoms. The van der Waals surface area contributed by atoms with E-state index in [4.69, 9.17) is 4.98 Å². The highest BCUT2D eigenvalue weighted by Gasteiger charge is 2.22. The number of para-hydroxylation sites is 2. The molecule has 1 N–H and O–H groups in total.